The minimum Gasteiger partial charge on any atom is -0.363 e. The van der Waals surface area contributed by atoms with Gasteiger partial charge in [0.25, 0.3) is 4.38 Å². The quantitative estimate of drug-likeness (QED) is 0.0733. The molecular weight excluding hydrogens is 801 g/mol. The van der Waals surface area contributed by atoms with E-state index in [0.29, 0.717) is 11.8 Å². The van der Waals surface area contributed by atoms with Gasteiger partial charge in [0.2, 0.25) is 0 Å². The topological polar surface area (TPSA) is 6.25 Å². The Balaban J connectivity index is 1.24. The first-order chi connectivity index (χ1) is 28.1. The van der Waals surface area contributed by atoms with Crippen LogP contribution in [0.1, 0.15) is 48.1 Å². The molecular formula is C51H45N2S5+. The number of thioether (sulfide) groups is 4. The molecule has 288 valence electrons. The van der Waals surface area contributed by atoms with Crippen LogP contribution in [0.25, 0.3) is 33.2 Å². The third-order valence-corrected chi connectivity index (χ3v) is 19.1. The highest BCUT2D eigenvalue weighted by Gasteiger charge is 2.57. The summed E-state index contributed by atoms with van der Waals surface area (Å²) in [6.07, 6.45) is 6.36. The highest BCUT2D eigenvalue weighted by molar-refractivity contribution is 8.53. The van der Waals surface area contributed by atoms with Gasteiger partial charge in [-0.25, -0.2) is 4.58 Å². The van der Waals surface area contributed by atoms with Gasteiger partial charge in [0, 0.05) is 28.8 Å². The second kappa shape index (κ2) is 14.6. The Labute approximate surface area is 365 Å². The third-order valence-electron chi connectivity index (χ3n) is 12.6. The van der Waals surface area contributed by atoms with Gasteiger partial charge in [0.15, 0.2) is 0 Å². The van der Waals surface area contributed by atoms with Crippen LogP contribution in [0.5, 0.6) is 0 Å². The zero-order chi connectivity index (χ0) is 39.9. The van der Waals surface area contributed by atoms with Crippen LogP contribution >= 0.6 is 59.3 Å². The average molecular weight is 846 g/mol. The standard InChI is InChI=1S/C51H45N2S5/c1-50(2)44-30-45(50)41(29-39-34-22-14-16-26-42(34)51(57-49(58-51)53(5)6)43-27-17-15-23-35(39)43)47(55-31-18-8-7-9-19-31)40(44)28-38-32-20-10-12-24-36(32)46(56-48(54)52(3)4)37-25-13-11-21-33(37)38/h7-29,44-45H,30H2,1-6H3/q+1/t44-,45+/m1/s1. The molecule has 58 heavy (non-hydrogen) atoms. The van der Waals surface area contributed by atoms with E-state index in [2.05, 4.69) is 172 Å². The fourth-order valence-corrected chi connectivity index (χ4v) is 14.9. The van der Waals surface area contributed by atoms with Crippen molar-refractivity contribution in [1.29, 1.82) is 0 Å². The van der Waals surface area contributed by atoms with Crippen LogP contribution in [0, 0.1) is 17.3 Å². The molecule has 0 unspecified atom stereocenters. The normalized spacial score (nSPS) is 22.1. The number of nitrogens with zero attached hydrogens (tertiary/aromatic N) is 2. The Morgan fingerprint density at radius 2 is 1.24 bits per heavy atom. The second-order valence-corrected chi connectivity index (χ2v) is 22.3. The molecule has 0 N–H and O–H groups in total. The van der Waals surface area contributed by atoms with E-state index < -0.39 is 0 Å². The van der Waals surface area contributed by atoms with Crippen LogP contribution < -0.4 is 0 Å². The summed E-state index contributed by atoms with van der Waals surface area (Å²) in [5.41, 5.74) is 11.2. The molecule has 2 fully saturated rings. The Morgan fingerprint density at radius 3 is 1.79 bits per heavy atom. The van der Waals surface area contributed by atoms with Crippen LogP contribution in [0.4, 0.5) is 0 Å². The predicted octanol–water partition coefficient (Wildman–Crippen LogP) is 13.8. The largest absolute Gasteiger partial charge is 0.363 e. The van der Waals surface area contributed by atoms with Crippen LogP contribution in [-0.4, -0.2) is 46.4 Å². The second-order valence-electron chi connectivity index (χ2n) is 16.7. The van der Waals surface area contributed by atoms with Gasteiger partial charge in [-0.05, 0) is 138 Å². The SMILES string of the molecule is CN(C)C(=S)Sc1c2ccccc2c(C=C2C(Sc3ccccc3)=C(C=C3c4ccccc4C4(SC(=[N+](C)C)S4)c4ccccc43)[C@@H]3C[C@H]2C3(C)C)c2ccccc12. The van der Waals surface area contributed by atoms with Crippen molar-refractivity contribution in [1.82, 2.24) is 4.90 Å². The molecule has 0 aromatic heterocycles. The summed E-state index contributed by atoms with van der Waals surface area (Å²) in [5, 5.41) is 5.04. The molecule has 0 amide bonds. The monoisotopic (exact) mass is 845 g/mol. The third kappa shape index (κ3) is 6.02. The minimum absolute atomic E-state index is 0.0996. The van der Waals surface area contributed by atoms with Crippen molar-refractivity contribution in [3.05, 3.63) is 177 Å². The Bertz CT molecular complexity index is 2710. The zero-order valence-electron chi connectivity index (χ0n) is 33.6. The van der Waals surface area contributed by atoms with Gasteiger partial charge in [-0.2, -0.15) is 0 Å². The maximum atomic E-state index is 5.90. The Kier molecular flexibility index (Phi) is 9.65. The van der Waals surface area contributed by atoms with Gasteiger partial charge >= 0.3 is 0 Å². The molecule has 7 heteroatoms. The van der Waals surface area contributed by atoms with Crippen LogP contribution in [-0.2, 0) is 4.08 Å². The van der Waals surface area contributed by atoms with Crippen molar-refractivity contribution >= 4 is 101 Å². The molecule has 6 aromatic carbocycles. The lowest BCUT2D eigenvalue weighted by Crippen LogP contribution is -2.50. The van der Waals surface area contributed by atoms with Gasteiger partial charge in [0.1, 0.15) is 22.5 Å². The van der Waals surface area contributed by atoms with E-state index in [1.807, 2.05) is 54.3 Å². The number of benzene rings is 6. The van der Waals surface area contributed by atoms with Gasteiger partial charge < -0.3 is 4.90 Å². The number of rotatable bonds is 5. The molecule has 4 aliphatic carbocycles. The first-order valence-electron chi connectivity index (χ1n) is 19.9. The summed E-state index contributed by atoms with van der Waals surface area (Å²) >= 11 is 13.6. The molecule has 6 aromatic rings. The van der Waals surface area contributed by atoms with Gasteiger partial charge in [-0.15, -0.1) is 0 Å². The number of allylic oxidation sites excluding steroid dienone is 3. The zero-order valence-corrected chi connectivity index (χ0v) is 37.7. The molecule has 1 aliphatic heterocycles. The summed E-state index contributed by atoms with van der Waals surface area (Å²) in [4.78, 5) is 5.95. The maximum absolute atomic E-state index is 5.90. The lowest BCUT2D eigenvalue weighted by atomic mass is 9.47. The van der Waals surface area contributed by atoms with Gasteiger partial charge in [-0.1, -0.05) is 165 Å². The first kappa shape index (κ1) is 38.2. The van der Waals surface area contributed by atoms with Crippen molar-refractivity contribution < 1.29 is 4.58 Å². The van der Waals surface area contributed by atoms with E-state index in [9.17, 15) is 0 Å². The number of hydrogen-bond acceptors (Lipinski definition) is 5. The van der Waals surface area contributed by atoms with Crippen molar-refractivity contribution in [2.45, 2.75) is 34.1 Å². The van der Waals surface area contributed by atoms with E-state index >= 15 is 0 Å². The summed E-state index contributed by atoms with van der Waals surface area (Å²) in [6.45, 7) is 5.02. The molecule has 2 atom stereocenters. The van der Waals surface area contributed by atoms with Crippen LogP contribution in [0.3, 0.4) is 0 Å². The smallest absolute Gasteiger partial charge is 0.273 e. The molecule has 1 saturated carbocycles. The minimum atomic E-state index is -0.151. The van der Waals surface area contributed by atoms with E-state index in [1.54, 1.807) is 11.8 Å². The van der Waals surface area contributed by atoms with Crippen molar-refractivity contribution in [2.24, 2.45) is 17.3 Å². The van der Waals surface area contributed by atoms with Crippen molar-refractivity contribution in [3.63, 3.8) is 0 Å². The summed E-state index contributed by atoms with van der Waals surface area (Å²) < 4.78 is 4.33. The summed E-state index contributed by atoms with van der Waals surface area (Å²) in [6, 6.07) is 47.3. The van der Waals surface area contributed by atoms with Gasteiger partial charge in [-0.3, -0.25) is 0 Å². The van der Waals surface area contributed by atoms with Crippen molar-refractivity contribution in [3.8, 4) is 0 Å². The summed E-state index contributed by atoms with van der Waals surface area (Å²) in [7, 11) is 8.39. The molecule has 0 radical (unpaired) electrons. The van der Waals surface area contributed by atoms with E-state index in [-0.39, 0.29) is 9.49 Å². The lowest BCUT2D eigenvalue weighted by Gasteiger charge is -2.58. The maximum Gasteiger partial charge on any atom is 0.273 e. The average Bonchev–Trinajstić information content (AvgIpc) is 3.22. The Hall–Kier alpha value is -3.98. The Morgan fingerprint density at radius 1 is 0.707 bits per heavy atom. The first-order valence-corrected chi connectivity index (χ1v) is 23.6. The lowest BCUT2D eigenvalue weighted by molar-refractivity contribution is -0.458. The highest BCUT2D eigenvalue weighted by Crippen LogP contribution is 2.69. The fourth-order valence-electron chi connectivity index (χ4n) is 9.51. The van der Waals surface area contributed by atoms with E-state index in [1.165, 1.54) is 85.2 Å². The predicted molar refractivity (Wildman–Crippen MR) is 259 cm³/mol. The number of hydrogen-bond donors (Lipinski definition) is 0. The molecule has 1 spiro atoms. The van der Waals surface area contributed by atoms with E-state index in [0.717, 1.165) is 10.7 Å². The van der Waals surface area contributed by atoms with Crippen LogP contribution in [0.2, 0.25) is 0 Å². The van der Waals surface area contributed by atoms with Gasteiger partial charge in [0.05, 0.1) is 0 Å². The summed E-state index contributed by atoms with van der Waals surface area (Å²) in [5.74, 6) is 0.889. The molecule has 2 nitrogen and oxygen atoms in total. The molecule has 1 heterocycles. The molecule has 11 rings (SSSR count). The number of thiocarbonyl (C=S) groups is 1. The van der Waals surface area contributed by atoms with E-state index in [4.69, 9.17) is 12.2 Å². The van der Waals surface area contributed by atoms with Crippen molar-refractivity contribution in [2.75, 3.05) is 28.2 Å². The number of fused-ring (bicyclic) bond motifs is 7. The highest BCUT2D eigenvalue weighted by atomic mass is 32.3. The van der Waals surface area contributed by atoms with Crippen LogP contribution in [0.15, 0.2) is 159 Å². The molecule has 2 bridgehead atoms. The molecule has 1 saturated heterocycles. The fraction of sp³-hybridized carbons (Fsp3) is 0.216. The molecule has 5 aliphatic rings.